The Morgan fingerprint density at radius 2 is 1.72 bits per heavy atom. The van der Waals surface area contributed by atoms with Crippen LogP contribution in [0.1, 0.15) is 39.0 Å². The van der Waals surface area contributed by atoms with Crippen molar-refractivity contribution in [3.63, 3.8) is 0 Å². The molecule has 0 bridgehead atoms. The molecule has 1 heterocycles. The summed E-state index contributed by atoms with van der Waals surface area (Å²) in [6.45, 7) is 3.78. The highest BCUT2D eigenvalue weighted by Gasteiger charge is 2.22. The van der Waals surface area contributed by atoms with Crippen LogP contribution in [0.15, 0.2) is 29.2 Å². The first-order valence-electron chi connectivity index (χ1n) is 8.90. The number of hydrogen-bond donors (Lipinski definition) is 1. The fourth-order valence-electron chi connectivity index (χ4n) is 3.02. The van der Waals surface area contributed by atoms with E-state index < -0.39 is 10.0 Å². The van der Waals surface area contributed by atoms with Gasteiger partial charge in [-0.1, -0.05) is 25.3 Å². The number of anilines is 1. The molecule has 1 saturated heterocycles. The van der Waals surface area contributed by atoms with Crippen LogP contribution in [0.3, 0.4) is 0 Å². The zero-order chi connectivity index (χ0) is 18.4. The first-order chi connectivity index (χ1) is 11.8. The molecule has 1 amide bonds. The van der Waals surface area contributed by atoms with Gasteiger partial charge in [0.2, 0.25) is 15.9 Å². The molecule has 0 aliphatic carbocycles. The first kappa shape index (κ1) is 19.9. The van der Waals surface area contributed by atoms with E-state index in [1.807, 2.05) is 6.92 Å². The highest BCUT2D eigenvalue weighted by Crippen LogP contribution is 2.19. The first-order valence-corrected chi connectivity index (χ1v) is 10.3. The summed E-state index contributed by atoms with van der Waals surface area (Å²) in [5.41, 5.74) is 0.506. The van der Waals surface area contributed by atoms with E-state index in [1.54, 1.807) is 12.1 Å². The summed E-state index contributed by atoms with van der Waals surface area (Å²) in [7, 11) is -0.532. The SMILES string of the molecule is C[C@@H](C(=O)Nc1cccc(S(=O)(=O)N(C)C)c1)N1CCCCCCC1. The van der Waals surface area contributed by atoms with Crippen LogP contribution in [-0.2, 0) is 14.8 Å². The van der Waals surface area contributed by atoms with Gasteiger partial charge in [-0.05, 0) is 51.1 Å². The van der Waals surface area contributed by atoms with Crippen LogP contribution < -0.4 is 5.32 Å². The Kier molecular flexibility index (Phi) is 6.98. The minimum absolute atomic E-state index is 0.0972. The Morgan fingerprint density at radius 1 is 1.12 bits per heavy atom. The van der Waals surface area contributed by atoms with Crippen molar-refractivity contribution in [2.24, 2.45) is 0 Å². The number of carbonyl (C=O) groups excluding carboxylic acids is 1. The van der Waals surface area contributed by atoms with Crippen LogP contribution >= 0.6 is 0 Å². The zero-order valence-corrected chi connectivity index (χ0v) is 16.2. The van der Waals surface area contributed by atoms with Gasteiger partial charge in [-0.2, -0.15) is 0 Å². The molecule has 0 unspecified atom stereocenters. The maximum absolute atomic E-state index is 12.6. The Balaban J connectivity index is 2.07. The van der Waals surface area contributed by atoms with Crippen molar-refractivity contribution in [2.45, 2.75) is 50.0 Å². The number of amides is 1. The molecule has 1 aromatic carbocycles. The van der Waals surface area contributed by atoms with Gasteiger partial charge in [-0.15, -0.1) is 0 Å². The van der Waals surface area contributed by atoms with Crippen LogP contribution in [0.4, 0.5) is 5.69 Å². The minimum Gasteiger partial charge on any atom is -0.325 e. The third-order valence-electron chi connectivity index (χ3n) is 4.70. The summed E-state index contributed by atoms with van der Waals surface area (Å²) in [6.07, 6.45) is 5.95. The Labute approximate surface area is 151 Å². The van der Waals surface area contributed by atoms with Crippen LogP contribution in [-0.4, -0.2) is 56.8 Å². The zero-order valence-electron chi connectivity index (χ0n) is 15.4. The summed E-state index contributed by atoms with van der Waals surface area (Å²) >= 11 is 0. The van der Waals surface area contributed by atoms with Gasteiger partial charge >= 0.3 is 0 Å². The van der Waals surface area contributed by atoms with Gasteiger partial charge in [0.1, 0.15) is 0 Å². The molecule has 1 aliphatic heterocycles. The molecule has 6 nitrogen and oxygen atoms in total. The fraction of sp³-hybridized carbons (Fsp3) is 0.611. The van der Waals surface area contributed by atoms with E-state index in [0.29, 0.717) is 5.69 Å². The molecular weight excluding hydrogens is 338 g/mol. The summed E-state index contributed by atoms with van der Waals surface area (Å²) in [6, 6.07) is 6.17. The van der Waals surface area contributed by atoms with E-state index in [9.17, 15) is 13.2 Å². The number of nitrogens with one attached hydrogen (secondary N) is 1. The second kappa shape index (κ2) is 8.78. The summed E-state index contributed by atoms with van der Waals surface area (Å²) < 4.78 is 25.6. The monoisotopic (exact) mass is 367 g/mol. The number of sulfonamides is 1. The van der Waals surface area contributed by atoms with Crippen molar-refractivity contribution in [1.82, 2.24) is 9.21 Å². The number of benzene rings is 1. The largest absolute Gasteiger partial charge is 0.325 e. The molecule has 0 saturated carbocycles. The number of carbonyl (C=O) groups is 1. The standard InChI is InChI=1S/C18H29N3O3S/c1-15(21-12-7-5-4-6-8-13-21)18(22)19-16-10-9-11-17(14-16)25(23,24)20(2)3/h9-11,14-15H,4-8,12-13H2,1-3H3,(H,19,22)/t15-/m0/s1. The van der Waals surface area contributed by atoms with Gasteiger partial charge < -0.3 is 5.32 Å². The van der Waals surface area contributed by atoms with Crippen LogP contribution in [0.2, 0.25) is 0 Å². The molecule has 1 aromatic rings. The molecule has 0 radical (unpaired) electrons. The Morgan fingerprint density at radius 3 is 2.32 bits per heavy atom. The Bertz CT molecular complexity index is 681. The van der Waals surface area contributed by atoms with E-state index in [4.69, 9.17) is 0 Å². The topological polar surface area (TPSA) is 69.7 Å². The summed E-state index contributed by atoms with van der Waals surface area (Å²) in [5, 5.41) is 2.86. The summed E-state index contributed by atoms with van der Waals surface area (Å²) in [5.74, 6) is -0.0972. The maximum atomic E-state index is 12.6. The fourth-order valence-corrected chi connectivity index (χ4v) is 3.96. The average Bonchev–Trinajstić information content (AvgIpc) is 2.54. The summed E-state index contributed by atoms with van der Waals surface area (Å²) in [4.78, 5) is 15.0. The molecule has 1 fully saturated rings. The van der Waals surface area contributed by atoms with Crippen molar-refractivity contribution >= 4 is 21.6 Å². The molecule has 2 rings (SSSR count). The number of nitrogens with zero attached hydrogens (tertiary/aromatic N) is 2. The van der Waals surface area contributed by atoms with E-state index in [1.165, 1.54) is 45.5 Å². The molecule has 7 heteroatoms. The lowest BCUT2D eigenvalue weighted by Gasteiger charge is -2.29. The van der Waals surface area contributed by atoms with Gasteiger partial charge in [0.05, 0.1) is 10.9 Å². The normalized spacial score (nSPS) is 18.4. The highest BCUT2D eigenvalue weighted by molar-refractivity contribution is 7.89. The van der Waals surface area contributed by atoms with Crippen molar-refractivity contribution in [3.05, 3.63) is 24.3 Å². The molecule has 1 atom stereocenters. The smallest absolute Gasteiger partial charge is 0.242 e. The van der Waals surface area contributed by atoms with E-state index in [2.05, 4.69) is 10.2 Å². The highest BCUT2D eigenvalue weighted by atomic mass is 32.2. The van der Waals surface area contributed by atoms with Gasteiger partial charge in [-0.25, -0.2) is 12.7 Å². The maximum Gasteiger partial charge on any atom is 0.242 e. The number of likely N-dealkylation sites (tertiary alicyclic amines) is 1. The Hall–Kier alpha value is -1.44. The van der Waals surface area contributed by atoms with Gasteiger partial charge in [0.15, 0.2) is 0 Å². The predicted octanol–water partition coefficient (Wildman–Crippen LogP) is 2.53. The van der Waals surface area contributed by atoms with E-state index >= 15 is 0 Å². The second-order valence-corrected chi connectivity index (χ2v) is 8.94. The van der Waals surface area contributed by atoms with Crippen LogP contribution in [0.25, 0.3) is 0 Å². The third-order valence-corrected chi connectivity index (χ3v) is 6.51. The molecular formula is C18H29N3O3S. The van der Waals surface area contributed by atoms with Crippen molar-refractivity contribution < 1.29 is 13.2 Å². The number of rotatable bonds is 5. The lowest BCUT2D eigenvalue weighted by atomic mass is 10.1. The van der Waals surface area contributed by atoms with Gasteiger partial charge in [0, 0.05) is 19.8 Å². The molecule has 0 aromatic heterocycles. The van der Waals surface area contributed by atoms with E-state index in [-0.39, 0.29) is 16.8 Å². The molecule has 1 aliphatic rings. The average molecular weight is 368 g/mol. The van der Waals surface area contributed by atoms with E-state index in [0.717, 1.165) is 30.2 Å². The quantitative estimate of drug-likeness (QED) is 0.868. The molecule has 25 heavy (non-hydrogen) atoms. The minimum atomic E-state index is -3.51. The lowest BCUT2D eigenvalue weighted by Crippen LogP contribution is -2.43. The second-order valence-electron chi connectivity index (χ2n) is 6.78. The van der Waals surface area contributed by atoms with Crippen LogP contribution in [0, 0.1) is 0 Å². The molecule has 1 N–H and O–H groups in total. The van der Waals surface area contributed by atoms with Gasteiger partial charge in [0.25, 0.3) is 0 Å². The van der Waals surface area contributed by atoms with Gasteiger partial charge in [-0.3, -0.25) is 9.69 Å². The predicted molar refractivity (Wildman–Crippen MR) is 100 cm³/mol. The molecule has 140 valence electrons. The number of hydrogen-bond acceptors (Lipinski definition) is 4. The van der Waals surface area contributed by atoms with Crippen LogP contribution in [0.5, 0.6) is 0 Å². The lowest BCUT2D eigenvalue weighted by molar-refractivity contribution is -0.120. The van der Waals surface area contributed by atoms with Crippen molar-refractivity contribution in [2.75, 3.05) is 32.5 Å². The third kappa shape index (κ3) is 5.26. The van der Waals surface area contributed by atoms with Crippen molar-refractivity contribution in [1.29, 1.82) is 0 Å². The van der Waals surface area contributed by atoms with Crippen molar-refractivity contribution in [3.8, 4) is 0 Å². The molecule has 0 spiro atoms.